The van der Waals surface area contributed by atoms with Gasteiger partial charge in [0.1, 0.15) is 6.04 Å². The minimum Gasteiger partial charge on any atom is -0.490 e. The summed E-state index contributed by atoms with van der Waals surface area (Å²) in [7, 11) is 0. The molecule has 0 fully saturated rings. The highest BCUT2D eigenvalue weighted by Gasteiger charge is 2.31. The molecule has 6 nitrogen and oxygen atoms in total. The van der Waals surface area contributed by atoms with Crippen molar-refractivity contribution in [3.05, 3.63) is 94.5 Å². The average Bonchev–Trinajstić information content (AvgIpc) is 2.96. The van der Waals surface area contributed by atoms with Crippen LogP contribution in [0.25, 0.3) is 0 Å². The van der Waals surface area contributed by atoms with Crippen LogP contribution in [-0.2, 0) is 29.0 Å². The number of hydrogen-bond acceptors (Lipinski definition) is 4. The molecule has 7 heteroatoms. The van der Waals surface area contributed by atoms with E-state index in [0.717, 1.165) is 23.1 Å². The predicted molar refractivity (Wildman–Crippen MR) is 161 cm³/mol. The standard InChI is InChI=1S/C33H41ClN2O4/c1-5-24(4)35-33(38)29(21-25-13-9-8-10-14-25)36(23-27-15-11-12-16-28(27)34)32(37)20-18-26-17-19-30(39-6-2)31(22-26)40-7-3/h8-17,19,22,24,29H,5-7,18,20-21,23H2,1-4H3,(H,35,38)/t24-,29+/m1/s1. The first-order valence-electron chi connectivity index (χ1n) is 14.1. The fraction of sp³-hybridized carbons (Fsp3) is 0.394. The zero-order valence-corrected chi connectivity index (χ0v) is 24.7. The molecule has 0 spiro atoms. The molecule has 3 rings (SSSR count). The quantitative estimate of drug-likeness (QED) is 0.225. The molecule has 0 saturated carbocycles. The van der Waals surface area contributed by atoms with E-state index in [1.807, 2.05) is 94.4 Å². The molecule has 0 saturated heterocycles. The summed E-state index contributed by atoms with van der Waals surface area (Å²) < 4.78 is 11.5. The van der Waals surface area contributed by atoms with Crippen LogP contribution in [0, 0.1) is 0 Å². The van der Waals surface area contributed by atoms with Crippen molar-refractivity contribution in [2.45, 2.75) is 72.0 Å². The maximum atomic E-state index is 14.0. The van der Waals surface area contributed by atoms with Crippen LogP contribution >= 0.6 is 11.6 Å². The van der Waals surface area contributed by atoms with E-state index in [-0.39, 0.29) is 30.8 Å². The zero-order valence-electron chi connectivity index (χ0n) is 24.0. The lowest BCUT2D eigenvalue weighted by Crippen LogP contribution is -2.52. The second kappa shape index (κ2) is 15.9. The van der Waals surface area contributed by atoms with Gasteiger partial charge in [0, 0.05) is 30.5 Å². The van der Waals surface area contributed by atoms with E-state index < -0.39 is 6.04 Å². The third kappa shape index (κ3) is 9.02. The second-order valence-corrected chi connectivity index (χ2v) is 10.2. The monoisotopic (exact) mass is 564 g/mol. The van der Waals surface area contributed by atoms with Gasteiger partial charge in [-0.15, -0.1) is 0 Å². The van der Waals surface area contributed by atoms with E-state index >= 15 is 0 Å². The summed E-state index contributed by atoms with van der Waals surface area (Å²) in [5.74, 6) is 1.06. The average molecular weight is 565 g/mol. The Morgan fingerprint density at radius 2 is 1.55 bits per heavy atom. The van der Waals surface area contributed by atoms with Crippen molar-refractivity contribution in [1.82, 2.24) is 10.2 Å². The van der Waals surface area contributed by atoms with Gasteiger partial charge in [0.2, 0.25) is 11.8 Å². The fourth-order valence-corrected chi connectivity index (χ4v) is 4.65. The molecule has 0 unspecified atom stereocenters. The first-order chi connectivity index (χ1) is 19.4. The second-order valence-electron chi connectivity index (χ2n) is 9.78. The van der Waals surface area contributed by atoms with Crippen LogP contribution in [-0.4, -0.2) is 42.0 Å². The lowest BCUT2D eigenvalue weighted by molar-refractivity contribution is -0.141. The van der Waals surface area contributed by atoms with Crippen molar-refractivity contribution in [2.75, 3.05) is 13.2 Å². The molecule has 0 aliphatic carbocycles. The molecule has 0 aliphatic heterocycles. The summed E-state index contributed by atoms with van der Waals surface area (Å²) in [5.41, 5.74) is 2.74. The zero-order chi connectivity index (χ0) is 28.9. The Morgan fingerprint density at radius 3 is 2.23 bits per heavy atom. The molecule has 214 valence electrons. The Labute approximate surface area is 243 Å². The number of carbonyl (C=O) groups excluding carboxylic acids is 2. The Bertz CT molecular complexity index is 1230. The number of halogens is 1. The number of nitrogens with zero attached hydrogens (tertiary/aromatic N) is 1. The summed E-state index contributed by atoms with van der Waals surface area (Å²) in [6, 6.07) is 22.3. The maximum Gasteiger partial charge on any atom is 0.243 e. The number of aryl methyl sites for hydroxylation is 1. The smallest absolute Gasteiger partial charge is 0.243 e. The summed E-state index contributed by atoms with van der Waals surface area (Å²) in [4.78, 5) is 29.3. The van der Waals surface area contributed by atoms with Gasteiger partial charge in [0.05, 0.1) is 13.2 Å². The van der Waals surface area contributed by atoms with Gasteiger partial charge >= 0.3 is 0 Å². The molecular weight excluding hydrogens is 524 g/mol. The molecule has 0 aliphatic rings. The largest absolute Gasteiger partial charge is 0.490 e. The molecule has 3 aromatic carbocycles. The number of amides is 2. The van der Waals surface area contributed by atoms with E-state index in [0.29, 0.717) is 42.6 Å². The van der Waals surface area contributed by atoms with Gasteiger partial charge in [-0.3, -0.25) is 9.59 Å². The highest BCUT2D eigenvalue weighted by atomic mass is 35.5. The third-order valence-corrected chi connectivity index (χ3v) is 7.17. The molecule has 40 heavy (non-hydrogen) atoms. The Hall–Kier alpha value is -3.51. The summed E-state index contributed by atoms with van der Waals surface area (Å²) in [6.45, 7) is 9.14. The van der Waals surface area contributed by atoms with Crippen molar-refractivity contribution >= 4 is 23.4 Å². The van der Waals surface area contributed by atoms with Crippen LogP contribution in [0.1, 0.15) is 57.2 Å². The van der Waals surface area contributed by atoms with Crippen molar-refractivity contribution < 1.29 is 19.1 Å². The maximum absolute atomic E-state index is 14.0. The van der Waals surface area contributed by atoms with Crippen LogP contribution in [0.2, 0.25) is 5.02 Å². The molecule has 3 aromatic rings. The van der Waals surface area contributed by atoms with Gasteiger partial charge in [-0.1, -0.05) is 73.1 Å². The first kappa shape index (κ1) is 31.0. The highest BCUT2D eigenvalue weighted by molar-refractivity contribution is 6.31. The van der Waals surface area contributed by atoms with Gasteiger partial charge in [-0.25, -0.2) is 0 Å². The summed E-state index contributed by atoms with van der Waals surface area (Å²) >= 11 is 6.52. The third-order valence-electron chi connectivity index (χ3n) is 6.81. The fourth-order valence-electron chi connectivity index (χ4n) is 4.45. The van der Waals surface area contributed by atoms with Crippen LogP contribution in [0.3, 0.4) is 0 Å². The topological polar surface area (TPSA) is 67.9 Å². The molecule has 0 bridgehead atoms. The van der Waals surface area contributed by atoms with Crippen LogP contribution < -0.4 is 14.8 Å². The Morgan fingerprint density at radius 1 is 0.875 bits per heavy atom. The molecule has 1 N–H and O–H groups in total. The normalized spacial score (nSPS) is 12.3. The van der Waals surface area contributed by atoms with Crippen molar-refractivity contribution in [1.29, 1.82) is 0 Å². The lowest BCUT2D eigenvalue weighted by atomic mass is 10.0. The van der Waals surface area contributed by atoms with Gasteiger partial charge in [-0.05, 0) is 68.5 Å². The SMILES string of the molecule is CCOc1ccc(CCC(=O)N(Cc2ccccc2Cl)[C@@H](Cc2ccccc2)C(=O)N[C@H](C)CC)cc1OCC. The number of nitrogens with one attached hydrogen (secondary N) is 1. The first-order valence-corrected chi connectivity index (χ1v) is 14.5. The molecule has 0 radical (unpaired) electrons. The number of carbonyl (C=O) groups is 2. The van der Waals surface area contributed by atoms with Crippen LogP contribution in [0.5, 0.6) is 11.5 Å². The number of ether oxygens (including phenoxy) is 2. The van der Waals surface area contributed by atoms with Crippen molar-refractivity contribution in [3.8, 4) is 11.5 Å². The lowest BCUT2D eigenvalue weighted by Gasteiger charge is -2.32. The van der Waals surface area contributed by atoms with Crippen molar-refractivity contribution in [2.24, 2.45) is 0 Å². The number of rotatable bonds is 15. The Kier molecular flexibility index (Phi) is 12.4. The summed E-state index contributed by atoms with van der Waals surface area (Å²) in [5, 5.41) is 3.67. The van der Waals surface area contributed by atoms with Gasteiger partial charge in [-0.2, -0.15) is 0 Å². The van der Waals surface area contributed by atoms with Crippen LogP contribution in [0.4, 0.5) is 0 Å². The Balaban J connectivity index is 1.91. The number of benzene rings is 3. The van der Waals surface area contributed by atoms with Crippen LogP contribution in [0.15, 0.2) is 72.8 Å². The number of hydrogen-bond donors (Lipinski definition) is 1. The van der Waals surface area contributed by atoms with E-state index in [9.17, 15) is 9.59 Å². The van der Waals surface area contributed by atoms with Gasteiger partial charge in [0.15, 0.2) is 11.5 Å². The van der Waals surface area contributed by atoms with E-state index in [4.69, 9.17) is 21.1 Å². The van der Waals surface area contributed by atoms with Gasteiger partial charge in [0.25, 0.3) is 0 Å². The van der Waals surface area contributed by atoms with E-state index in [1.165, 1.54) is 0 Å². The minimum absolute atomic E-state index is 0.0103. The molecule has 0 aromatic heterocycles. The molecule has 2 atom stereocenters. The van der Waals surface area contributed by atoms with Crippen molar-refractivity contribution in [3.63, 3.8) is 0 Å². The molecule has 0 heterocycles. The van der Waals surface area contributed by atoms with Gasteiger partial charge < -0.3 is 19.7 Å². The molecular formula is C33H41ClN2O4. The van der Waals surface area contributed by atoms with E-state index in [2.05, 4.69) is 5.32 Å². The summed E-state index contributed by atoms with van der Waals surface area (Å²) in [6.07, 6.45) is 1.92. The van der Waals surface area contributed by atoms with E-state index in [1.54, 1.807) is 11.0 Å². The predicted octanol–water partition coefficient (Wildman–Crippen LogP) is 6.62. The highest BCUT2D eigenvalue weighted by Crippen LogP contribution is 2.29. The molecule has 2 amide bonds. The minimum atomic E-state index is -0.695.